The topological polar surface area (TPSA) is 77.4 Å². The first-order valence-corrected chi connectivity index (χ1v) is 10.2. The maximum Gasteiger partial charge on any atom is 0.180 e. The van der Waals surface area contributed by atoms with Crippen molar-refractivity contribution in [1.29, 1.82) is 0 Å². The summed E-state index contributed by atoms with van der Waals surface area (Å²) in [5.74, 6) is -2.32. The number of Topliss-reactive ketones (excluding diaryl/α,β-unsaturated/α-hetero) is 2. The van der Waals surface area contributed by atoms with E-state index in [-0.39, 0.29) is 36.2 Å². The van der Waals surface area contributed by atoms with Gasteiger partial charge in [0.1, 0.15) is 5.76 Å². The van der Waals surface area contributed by atoms with Crippen molar-refractivity contribution < 1.29 is 19.8 Å². The highest BCUT2D eigenvalue weighted by atomic mass is 16.3. The van der Waals surface area contributed by atoms with Crippen LogP contribution in [0.4, 0.5) is 0 Å². The summed E-state index contributed by atoms with van der Waals surface area (Å²) < 4.78 is 0. The zero-order chi connectivity index (χ0) is 22.5. The van der Waals surface area contributed by atoms with Crippen LogP contribution < -0.4 is 5.11 Å². The van der Waals surface area contributed by atoms with Crippen molar-refractivity contribution in [2.45, 2.75) is 74.7 Å². The van der Waals surface area contributed by atoms with Gasteiger partial charge in [-0.2, -0.15) is 0 Å². The number of hydrogen-bond acceptors (Lipinski definition) is 4. The van der Waals surface area contributed by atoms with Crippen molar-refractivity contribution in [2.24, 2.45) is 11.3 Å². The van der Waals surface area contributed by atoms with Gasteiger partial charge in [-0.25, -0.2) is 0 Å². The minimum atomic E-state index is -1.33. The predicted octanol–water partition coefficient (Wildman–Crippen LogP) is 5.28. The molecule has 0 aromatic rings. The molecule has 4 heteroatoms. The SMILES string of the molecule is CC(C)=CCC1=C(O)C(CC=C(C)C)(CC=C(C)C)C(=O)C(C(=O)C(C)C)=C1[O-]. The summed E-state index contributed by atoms with van der Waals surface area (Å²) in [6, 6.07) is 0. The molecule has 0 aromatic carbocycles. The largest absolute Gasteiger partial charge is 0.872 e. The lowest BCUT2D eigenvalue weighted by molar-refractivity contribution is -0.299. The van der Waals surface area contributed by atoms with Crippen LogP contribution in [0.25, 0.3) is 0 Å². The second-order valence-electron chi connectivity index (χ2n) is 8.92. The number of aliphatic hydroxyl groups is 1. The van der Waals surface area contributed by atoms with E-state index in [1.165, 1.54) is 0 Å². The molecular formula is C25H35O4-. The van der Waals surface area contributed by atoms with Gasteiger partial charge in [0.15, 0.2) is 11.6 Å². The molecule has 0 unspecified atom stereocenters. The third-order valence-corrected chi connectivity index (χ3v) is 5.10. The van der Waals surface area contributed by atoms with Gasteiger partial charge in [0.2, 0.25) is 0 Å². The van der Waals surface area contributed by atoms with Gasteiger partial charge in [-0.3, -0.25) is 9.59 Å². The molecule has 0 bridgehead atoms. The van der Waals surface area contributed by atoms with Crippen molar-refractivity contribution in [2.75, 3.05) is 0 Å². The number of aliphatic hydroxyl groups excluding tert-OH is 1. The smallest absolute Gasteiger partial charge is 0.180 e. The zero-order valence-electron chi connectivity index (χ0n) is 19.1. The molecule has 0 spiro atoms. The molecule has 0 aliphatic heterocycles. The van der Waals surface area contributed by atoms with E-state index in [1.54, 1.807) is 13.8 Å². The van der Waals surface area contributed by atoms with Gasteiger partial charge in [0, 0.05) is 5.92 Å². The summed E-state index contributed by atoms with van der Waals surface area (Å²) in [6.07, 6.45) is 6.29. The lowest BCUT2D eigenvalue weighted by Crippen LogP contribution is -2.43. The molecule has 1 N–H and O–H groups in total. The summed E-state index contributed by atoms with van der Waals surface area (Å²) in [5.41, 5.74) is 1.53. The second-order valence-corrected chi connectivity index (χ2v) is 8.92. The normalized spacial score (nSPS) is 16.1. The van der Waals surface area contributed by atoms with E-state index in [4.69, 9.17) is 0 Å². The van der Waals surface area contributed by atoms with Crippen LogP contribution >= 0.6 is 0 Å². The van der Waals surface area contributed by atoms with Gasteiger partial charge in [-0.15, -0.1) is 0 Å². The maximum atomic E-state index is 13.6. The lowest BCUT2D eigenvalue weighted by atomic mass is 9.66. The maximum absolute atomic E-state index is 13.6. The van der Waals surface area contributed by atoms with Crippen LogP contribution in [0.15, 0.2) is 57.6 Å². The van der Waals surface area contributed by atoms with Gasteiger partial charge in [0.05, 0.1) is 11.0 Å². The molecule has 0 aromatic heterocycles. The van der Waals surface area contributed by atoms with Crippen molar-refractivity contribution in [3.63, 3.8) is 0 Å². The molecule has 0 heterocycles. The molecule has 0 amide bonds. The molecule has 1 aliphatic rings. The van der Waals surface area contributed by atoms with E-state index in [1.807, 2.05) is 59.8 Å². The molecule has 0 saturated heterocycles. The highest BCUT2D eigenvalue weighted by Gasteiger charge is 2.48. The van der Waals surface area contributed by atoms with E-state index >= 15 is 0 Å². The Labute approximate surface area is 175 Å². The van der Waals surface area contributed by atoms with Crippen molar-refractivity contribution >= 4 is 11.6 Å². The minimum absolute atomic E-state index is 0.152. The summed E-state index contributed by atoms with van der Waals surface area (Å²) in [7, 11) is 0. The molecule has 0 atom stereocenters. The fourth-order valence-electron chi connectivity index (χ4n) is 3.22. The summed E-state index contributed by atoms with van der Waals surface area (Å²) in [5, 5.41) is 24.3. The summed E-state index contributed by atoms with van der Waals surface area (Å²) in [4.78, 5) is 26.4. The van der Waals surface area contributed by atoms with E-state index in [0.717, 1.165) is 16.7 Å². The highest BCUT2D eigenvalue weighted by Crippen LogP contribution is 2.46. The van der Waals surface area contributed by atoms with E-state index in [2.05, 4.69) is 0 Å². The lowest BCUT2D eigenvalue weighted by Gasteiger charge is -2.39. The number of hydrogen-bond donors (Lipinski definition) is 1. The molecule has 0 fully saturated rings. The monoisotopic (exact) mass is 399 g/mol. The summed E-state index contributed by atoms with van der Waals surface area (Å²) >= 11 is 0. The van der Waals surface area contributed by atoms with Gasteiger partial charge in [0.25, 0.3) is 0 Å². The van der Waals surface area contributed by atoms with Crippen molar-refractivity contribution in [3.05, 3.63) is 57.6 Å². The average molecular weight is 400 g/mol. The van der Waals surface area contributed by atoms with Crippen LogP contribution in [0.5, 0.6) is 0 Å². The van der Waals surface area contributed by atoms with Crippen molar-refractivity contribution in [1.82, 2.24) is 0 Å². The third-order valence-electron chi connectivity index (χ3n) is 5.10. The quantitative estimate of drug-likeness (QED) is 0.445. The van der Waals surface area contributed by atoms with Gasteiger partial charge >= 0.3 is 0 Å². The first-order valence-electron chi connectivity index (χ1n) is 10.2. The third kappa shape index (κ3) is 5.59. The number of carbonyl (C=O) groups excluding carboxylic acids is 2. The molecule has 0 radical (unpaired) electrons. The van der Waals surface area contributed by atoms with E-state index in [9.17, 15) is 19.8 Å². The standard InChI is InChI=1S/C25H36O4/c1-15(2)9-10-19-22(27)20(21(26)18(7)8)24(29)25(23(19)28,13-11-16(3)4)14-12-17(5)6/h9,11-12,18,27-28H,10,13-14H2,1-8H3/p-1. The first-order chi connectivity index (χ1) is 13.3. The average Bonchev–Trinajstić information content (AvgIpc) is 2.60. The first kappa shape index (κ1) is 24.7. The number of ketones is 2. The molecule has 4 nitrogen and oxygen atoms in total. The Morgan fingerprint density at radius 2 is 1.41 bits per heavy atom. The van der Waals surface area contributed by atoms with Crippen LogP contribution in [0.2, 0.25) is 0 Å². The fraction of sp³-hybridized carbons (Fsp3) is 0.520. The zero-order valence-corrected chi connectivity index (χ0v) is 19.1. The van der Waals surface area contributed by atoms with Gasteiger partial charge in [-0.1, -0.05) is 54.6 Å². The van der Waals surface area contributed by atoms with Crippen LogP contribution in [-0.4, -0.2) is 16.7 Å². The Kier molecular flexibility index (Phi) is 8.43. The Hall–Kier alpha value is -2.36. The Morgan fingerprint density at radius 3 is 1.79 bits per heavy atom. The Balaban J connectivity index is 3.86. The van der Waals surface area contributed by atoms with Gasteiger partial charge in [-0.05, 0) is 66.4 Å². The fourth-order valence-corrected chi connectivity index (χ4v) is 3.22. The van der Waals surface area contributed by atoms with Crippen LogP contribution in [-0.2, 0) is 9.59 Å². The molecule has 29 heavy (non-hydrogen) atoms. The second kappa shape index (κ2) is 9.91. The Morgan fingerprint density at radius 1 is 0.966 bits per heavy atom. The van der Waals surface area contributed by atoms with Crippen LogP contribution in [0.1, 0.15) is 74.7 Å². The number of allylic oxidation sites excluding steroid dienone is 9. The molecule has 0 saturated carbocycles. The molecule has 1 aliphatic carbocycles. The van der Waals surface area contributed by atoms with E-state index < -0.39 is 28.7 Å². The summed E-state index contributed by atoms with van der Waals surface area (Å²) in [6.45, 7) is 14.8. The number of rotatable bonds is 8. The van der Waals surface area contributed by atoms with Crippen LogP contribution in [0, 0.1) is 11.3 Å². The molecular weight excluding hydrogens is 364 g/mol. The predicted molar refractivity (Wildman–Crippen MR) is 116 cm³/mol. The highest BCUT2D eigenvalue weighted by molar-refractivity contribution is 6.24. The molecule has 1 rings (SSSR count). The van der Waals surface area contributed by atoms with E-state index in [0.29, 0.717) is 0 Å². The minimum Gasteiger partial charge on any atom is -0.872 e. The van der Waals surface area contributed by atoms with Crippen LogP contribution in [0.3, 0.4) is 0 Å². The van der Waals surface area contributed by atoms with Gasteiger partial charge < -0.3 is 10.2 Å². The van der Waals surface area contributed by atoms with Crippen molar-refractivity contribution in [3.8, 4) is 0 Å². The molecule has 160 valence electrons. The number of carbonyl (C=O) groups is 2. The Bertz CT molecular complexity index is 797.